The van der Waals surface area contributed by atoms with Crippen molar-refractivity contribution < 1.29 is 19.4 Å². The summed E-state index contributed by atoms with van der Waals surface area (Å²) in [5, 5.41) is 12.5. The van der Waals surface area contributed by atoms with Gasteiger partial charge in [0.15, 0.2) is 0 Å². The van der Waals surface area contributed by atoms with Crippen LogP contribution in [0.4, 0.5) is 0 Å². The first-order valence-corrected chi connectivity index (χ1v) is 7.81. The molecule has 122 valence electrons. The number of ether oxygens (including phenoxy) is 1. The minimum Gasteiger partial charge on any atom is -0.496 e. The Labute approximate surface area is 138 Å². The molecule has 0 aliphatic rings. The van der Waals surface area contributed by atoms with Crippen molar-refractivity contribution in [3.05, 3.63) is 44.9 Å². The van der Waals surface area contributed by atoms with E-state index in [9.17, 15) is 9.59 Å². The van der Waals surface area contributed by atoms with Crippen LogP contribution < -0.4 is 10.1 Å². The number of aromatic carboxylic acids is 1. The SMILES string of the molecule is COc1cc(C(=O)NC(C)c2nc(C)c(C(=O)O)s2)ccc1C. The van der Waals surface area contributed by atoms with Crippen molar-refractivity contribution in [2.75, 3.05) is 7.11 Å². The summed E-state index contributed by atoms with van der Waals surface area (Å²) in [5.41, 5.74) is 1.88. The summed E-state index contributed by atoms with van der Waals surface area (Å²) in [7, 11) is 1.55. The smallest absolute Gasteiger partial charge is 0.347 e. The number of aromatic nitrogens is 1. The number of nitrogens with one attached hydrogen (secondary N) is 1. The Hall–Kier alpha value is -2.41. The fourth-order valence-corrected chi connectivity index (χ4v) is 3.01. The van der Waals surface area contributed by atoms with E-state index in [0.29, 0.717) is 22.0 Å². The number of carbonyl (C=O) groups is 2. The van der Waals surface area contributed by atoms with Gasteiger partial charge in [0.2, 0.25) is 0 Å². The second-order valence-electron chi connectivity index (χ2n) is 5.15. The summed E-state index contributed by atoms with van der Waals surface area (Å²) in [4.78, 5) is 27.8. The number of rotatable bonds is 5. The van der Waals surface area contributed by atoms with E-state index < -0.39 is 5.97 Å². The Bertz CT molecular complexity index is 755. The van der Waals surface area contributed by atoms with Gasteiger partial charge in [-0.05, 0) is 38.5 Å². The average molecular weight is 334 g/mol. The number of hydrogen-bond donors (Lipinski definition) is 2. The van der Waals surface area contributed by atoms with Crippen molar-refractivity contribution in [1.82, 2.24) is 10.3 Å². The maximum atomic E-state index is 12.3. The largest absolute Gasteiger partial charge is 0.496 e. The monoisotopic (exact) mass is 334 g/mol. The van der Waals surface area contributed by atoms with Gasteiger partial charge >= 0.3 is 5.97 Å². The zero-order valence-electron chi connectivity index (χ0n) is 13.3. The summed E-state index contributed by atoms with van der Waals surface area (Å²) in [6.07, 6.45) is 0. The van der Waals surface area contributed by atoms with Gasteiger partial charge in [0.25, 0.3) is 5.91 Å². The predicted molar refractivity (Wildman–Crippen MR) is 87.4 cm³/mol. The van der Waals surface area contributed by atoms with Crippen molar-refractivity contribution in [3.63, 3.8) is 0 Å². The van der Waals surface area contributed by atoms with Crippen molar-refractivity contribution >= 4 is 23.2 Å². The lowest BCUT2D eigenvalue weighted by atomic mass is 10.1. The lowest BCUT2D eigenvalue weighted by molar-refractivity contribution is 0.0701. The van der Waals surface area contributed by atoms with Gasteiger partial charge in [0.1, 0.15) is 15.6 Å². The van der Waals surface area contributed by atoms with Gasteiger partial charge in [0.05, 0.1) is 18.8 Å². The molecule has 2 aromatic rings. The maximum absolute atomic E-state index is 12.3. The number of methoxy groups -OCH3 is 1. The minimum absolute atomic E-state index is 0.193. The van der Waals surface area contributed by atoms with E-state index >= 15 is 0 Å². The molecule has 7 heteroatoms. The Kier molecular flexibility index (Phi) is 5.00. The number of amides is 1. The summed E-state index contributed by atoms with van der Waals surface area (Å²) >= 11 is 1.07. The van der Waals surface area contributed by atoms with Crippen molar-refractivity contribution in [3.8, 4) is 5.75 Å². The fourth-order valence-electron chi connectivity index (χ4n) is 2.10. The van der Waals surface area contributed by atoms with E-state index in [4.69, 9.17) is 9.84 Å². The number of carboxylic acid groups (broad SMARTS) is 1. The molecule has 0 spiro atoms. The summed E-state index contributed by atoms with van der Waals surface area (Å²) in [5.74, 6) is -0.628. The van der Waals surface area contributed by atoms with E-state index in [-0.39, 0.29) is 16.8 Å². The second-order valence-corrected chi connectivity index (χ2v) is 6.18. The quantitative estimate of drug-likeness (QED) is 0.877. The van der Waals surface area contributed by atoms with E-state index in [1.807, 2.05) is 13.0 Å². The highest BCUT2D eigenvalue weighted by atomic mass is 32.1. The van der Waals surface area contributed by atoms with Crippen molar-refractivity contribution in [1.29, 1.82) is 0 Å². The van der Waals surface area contributed by atoms with Gasteiger partial charge < -0.3 is 15.2 Å². The zero-order valence-corrected chi connectivity index (χ0v) is 14.2. The molecular formula is C16H18N2O4S. The number of carbonyl (C=O) groups excluding carboxylic acids is 1. The first kappa shape index (κ1) is 17.0. The van der Waals surface area contributed by atoms with Crippen LogP contribution in [0, 0.1) is 13.8 Å². The standard InChI is InChI=1S/C16H18N2O4S/c1-8-5-6-11(7-12(8)22-4)14(19)17-10(3)15-18-9(2)13(23-15)16(20)21/h5-7,10H,1-4H3,(H,17,19)(H,20,21). The van der Waals surface area contributed by atoms with E-state index in [0.717, 1.165) is 16.9 Å². The molecule has 0 fully saturated rings. The molecule has 2 N–H and O–H groups in total. The first-order chi connectivity index (χ1) is 10.8. The van der Waals surface area contributed by atoms with Gasteiger partial charge in [-0.2, -0.15) is 0 Å². The Morgan fingerprint density at radius 2 is 2.04 bits per heavy atom. The molecule has 1 amide bonds. The number of benzene rings is 1. The lowest BCUT2D eigenvalue weighted by Gasteiger charge is -2.12. The number of thiazole rings is 1. The van der Waals surface area contributed by atoms with Gasteiger partial charge in [0, 0.05) is 5.56 Å². The number of nitrogens with zero attached hydrogens (tertiary/aromatic N) is 1. The predicted octanol–water partition coefficient (Wildman–Crippen LogP) is 2.96. The van der Waals surface area contributed by atoms with Gasteiger partial charge in [-0.1, -0.05) is 6.07 Å². The van der Waals surface area contributed by atoms with E-state index in [1.165, 1.54) is 0 Å². The van der Waals surface area contributed by atoms with E-state index in [1.54, 1.807) is 33.1 Å². The minimum atomic E-state index is -1.01. The molecule has 23 heavy (non-hydrogen) atoms. The highest BCUT2D eigenvalue weighted by molar-refractivity contribution is 7.13. The highest BCUT2D eigenvalue weighted by Crippen LogP contribution is 2.24. The second kappa shape index (κ2) is 6.78. The van der Waals surface area contributed by atoms with Crippen LogP contribution in [0.3, 0.4) is 0 Å². The molecule has 0 aliphatic carbocycles. The average Bonchev–Trinajstić information content (AvgIpc) is 2.90. The Morgan fingerprint density at radius 3 is 2.61 bits per heavy atom. The molecule has 0 bridgehead atoms. The normalized spacial score (nSPS) is 11.8. The van der Waals surface area contributed by atoms with Crippen LogP contribution in [-0.4, -0.2) is 29.1 Å². The summed E-state index contributed by atoms with van der Waals surface area (Å²) in [6, 6.07) is 4.82. The molecule has 0 saturated heterocycles. The Balaban J connectivity index is 2.16. The van der Waals surface area contributed by atoms with Crippen LogP contribution in [0.5, 0.6) is 5.75 Å². The molecule has 1 atom stereocenters. The molecule has 1 aromatic carbocycles. The molecule has 1 heterocycles. The van der Waals surface area contributed by atoms with Crippen LogP contribution in [0.1, 0.15) is 49.3 Å². The van der Waals surface area contributed by atoms with Crippen LogP contribution >= 0.6 is 11.3 Å². The third-order valence-corrected chi connectivity index (χ3v) is 4.72. The first-order valence-electron chi connectivity index (χ1n) is 6.99. The van der Waals surface area contributed by atoms with Crippen LogP contribution in [0.15, 0.2) is 18.2 Å². The topological polar surface area (TPSA) is 88.5 Å². The molecular weight excluding hydrogens is 316 g/mol. The van der Waals surface area contributed by atoms with Crippen LogP contribution in [0.2, 0.25) is 0 Å². The van der Waals surface area contributed by atoms with Crippen molar-refractivity contribution in [2.45, 2.75) is 26.8 Å². The maximum Gasteiger partial charge on any atom is 0.347 e. The van der Waals surface area contributed by atoms with Crippen LogP contribution in [0.25, 0.3) is 0 Å². The number of aryl methyl sites for hydroxylation is 2. The Morgan fingerprint density at radius 1 is 1.35 bits per heavy atom. The summed E-state index contributed by atoms with van der Waals surface area (Å²) in [6.45, 7) is 5.31. The molecule has 1 unspecified atom stereocenters. The van der Waals surface area contributed by atoms with Gasteiger partial charge in [-0.25, -0.2) is 9.78 Å². The van der Waals surface area contributed by atoms with Crippen molar-refractivity contribution in [2.24, 2.45) is 0 Å². The highest BCUT2D eigenvalue weighted by Gasteiger charge is 2.20. The van der Waals surface area contributed by atoms with Gasteiger partial charge in [-0.3, -0.25) is 4.79 Å². The molecule has 2 rings (SSSR count). The third-order valence-electron chi connectivity index (χ3n) is 3.40. The number of carboxylic acids is 1. The zero-order chi connectivity index (χ0) is 17.1. The number of hydrogen-bond acceptors (Lipinski definition) is 5. The van der Waals surface area contributed by atoms with E-state index in [2.05, 4.69) is 10.3 Å². The molecule has 1 aromatic heterocycles. The third kappa shape index (κ3) is 3.68. The molecule has 6 nitrogen and oxygen atoms in total. The molecule has 0 aliphatic heterocycles. The lowest BCUT2D eigenvalue weighted by Crippen LogP contribution is -2.26. The molecule has 0 radical (unpaired) electrons. The van der Waals surface area contributed by atoms with Gasteiger partial charge in [-0.15, -0.1) is 11.3 Å². The molecule has 0 saturated carbocycles. The fraction of sp³-hybridized carbons (Fsp3) is 0.312. The van der Waals surface area contributed by atoms with Crippen LogP contribution in [-0.2, 0) is 0 Å². The summed E-state index contributed by atoms with van der Waals surface area (Å²) < 4.78 is 5.22.